The molecule has 3 nitrogen and oxygen atoms in total. The number of carbonyl (C=O) groups is 1. The number of hydrogen-bond acceptors (Lipinski definition) is 3. The smallest absolute Gasteiger partial charge is 0.155 e. The lowest BCUT2D eigenvalue weighted by molar-refractivity contribution is -0.126. The Kier molecular flexibility index (Phi) is 4.44. The zero-order valence-corrected chi connectivity index (χ0v) is 15.4. The second-order valence-electron chi connectivity index (χ2n) is 8.91. The standard InChI is InChI=1S/C22H32O3/c1-2-21-11-8-18-17-7-5-16(24)14-15(17)4-6-19(18)20(21)9-12-22(21,25)10-3-13-23/h4,6,14,17-20,23,25H,2-3,5,7-13H2,1H3/t17-,18+,19+,20-,21-,22-/m0/s1. The van der Waals surface area contributed by atoms with Crippen LogP contribution in [0.15, 0.2) is 23.8 Å². The first-order valence-electron chi connectivity index (χ1n) is 10.3. The van der Waals surface area contributed by atoms with Gasteiger partial charge in [0.05, 0.1) is 5.60 Å². The van der Waals surface area contributed by atoms with Crippen molar-refractivity contribution in [3.63, 3.8) is 0 Å². The Balaban J connectivity index is 1.66. The Hall–Kier alpha value is -0.930. The molecule has 0 aromatic heterocycles. The number of aliphatic hydroxyl groups is 2. The molecule has 0 unspecified atom stereocenters. The maximum atomic E-state index is 11.8. The van der Waals surface area contributed by atoms with Gasteiger partial charge in [-0.1, -0.05) is 19.1 Å². The molecule has 4 rings (SSSR count). The van der Waals surface area contributed by atoms with Gasteiger partial charge in [0.2, 0.25) is 0 Å². The molecular weight excluding hydrogens is 312 g/mol. The van der Waals surface area contributed by atoms with Crippen molar-refractivity contribution in [3.05, 3.63) is 23.8 Å². The van der Waals surface area contributed by atoms with E-state index in [2.05, 4.69) is 19.1 Å². The van der Waals surface area contributed by atoms with E-state index in [0.29, 0.717) is 36.5 Å². The highest BCUT2D eigenvalue weighted by atomic mass is 16.3. The summed E-state index contributed by atoms with van der Waals surface area (Å²) in [4.78, 5) is 11.8. The number of ketones is 1. The van der Waals surface area contributed by atoms with Gasteiger partial charge in [-0.3, -0.25) is 4.79 Å². The van der Waals surface area contributed by atoms with Gasteiger partial charge in [0.1, 0.15) is 0 Å². The molecule has 0 radical (unpaired) electrons. The molecule has 2 saturated carbocycles. The minimum Gasteiger partial charge on any atom is -0.396 e. The van der Waals surface area contributed by atoms with Crippen LogP contribution in [0, 0.1) is 29.1 Å². The predicted molar refractivity (Wildman–Crippen MR) is 97.9 cm³/mol. The van der Waals surface area contributed by atoms with Crippen molar-refractivity contribution in [2.45, 2.75) is 70.3 Å². The molecule has 0 bridgehead atoms. The highest BCUT2D eigenvalue weighted by Gasteiger charge is 2.62. The topological polar surface area (TPSA) is 57.5 Å². The van der Waals surface area contributed by atoms with E-state index in [4.69, 9.17) is 0 Å². The van der Waals surface area contributed by atoms with Crippen LogP contribution in [0.3, 0.4) is 0 Å². The molecular formula is C22H32O3. The highest BCUT2D eigenvalue weighted by molar-refractivity contribution is 5.91. The van der Waals surface area contributed by atoms with Gasteiger partial charge >= 0.3 is 0 Å². The average Bonchev–Trinajstić information content (AvgIpc) is 2.93. The van der Waals surface area contributed by atoms with Gasteiger partial charge in [-0.05, 0) is 86.7 Å². The monoisotopic (exact) mass is 344 g/mol. The zero-order chi connectivity index (χ0) is 17.7. The second-order valence-corrected chi connectivity index (χ2v) is 8.91. The summed E-state index contributed by atoms with van der Waals surface area (Å²) in [5.74, 6) is 2.58. The van der Waals surface area contributed by atoms with Gasteiger partial charge in [0, 0.05) is 18.4 Å². The lowest BCUT2D eigenvalue weighted by atomic mass is 9.50. The molecule has 0 aliphatic heterocycles. The number of aliphatic hydroxyl groups excluding tert-OH is 1. The van der Waals surface area contributed by atoms with Crippen LogP contribution < -0.4 is 0 Å². The highest BCUT2D eigenvalue weighted by Crippen LogP contribution is 2.66. The third-order valence-electron chi connectivity index (χ3n) is 8.25. The van der Waals surface area contributed by atoms with Crippen molar-refractivity contribution < 1.29 is 15.0 Å². The fourth-order valence-electron chi connectivity index (χ4n) is 7.10. The third kappa shape index (κ3) is 2.49. The van der Waals surface area contributed by atoms with Crippen LogP contribution in [0.5, 0.6) is 0 Å². The van der Waals surface area contributed by atoms with E-state index in [-0.39, 0.29) is 17.8 Å². The number of allylic oxidation sites excluding steroid dienone is 4. The van der Waals surface area contributed by atoms with E-state index in [1.165, 1.54) is 5.57 Å². The molecule has 25 heavy (non-hydrogen) atoms. The second kappa shape index (κ2) is 6.35. The molecule has 0 heterocycles. The van der Waals surface area contributed by atoms with Crippen molar-refractivity contribution in [3.8, 4) is 0 Å². The van der Waals surface area contributed by atoms with Gasteiger partial charge in [0.15, 0.2) is 5.78 Å². The largest absolute Gasteiger partial charge is 0.396 e. The van der Waals surface area contributed by atoms with Crippen molar-refractivity contribution in [1.29, 1.82) is 0 Å². The van der Waals surface area contributed by atoms with Gasteiger partial charge in [0.25, 0.3) is 0 Å². The summed E-state index contributed by atoms with van der Waals surface area (Å²) in [6.45, 7) is 2.42. The van der Waals surface area contributed by atoms with Crippen molar-refractivity contribution in [2.75, 3.05) is 6.61 Å². The van der Waals surface area contributed by atoms with E-state index >= 15 is 0 Å². The summed E-state index contributed by atoms with van der Waals surface area (Å²) in [6.07, 6.45) is 14.9. The third-order valence-corrected chi connectivity index (χ3v) is 8.25. The number of rotatable bonds is 4. The molecule has 138 valence electrons. The van der Waals surface area contributed by atoms with E-state index in [1.54, 1.807) is 0 Å². The molecule has 2 fully saturated rings. The van der Waals surface area contributed by atoms with Crippen LogP contribution in [0.1, 0.15) is 64.7 Å². The lowest BCUT2D eigenvalue weighted by Crippen LogP contribution is -2.53. The van der Waals surface area contributed by atoms with Crippen LogP contribution in [-0.2, 0) is 4.79 Å². The Bertz CT molecular complexity index is 606. The minimum absolute atomic E-state index is 0.0133. The zero-order valence-electron chi connectivity index (χ0n) is 15.4. The first-order chi connectivity index (χ1) is 12.0. The van der Waals surface area contributed by atoms with E-state index in [1.807, 2.05) is 6.08 Å². The molecule has 4 aliphatic carbocycles. The minimum atomic E-state index is -0.605. The quantitative estimate of drug-likeness (QED) is 0.815. The summed E-state index contributed by atoms with van der Waals surface area (Å²) < 4.78 is 0. The van der Waals surface area contributed by atoms with Crippen molar-refractivity contribution in [1.82, 2.24) is 0 Å². The predicted octanol–water partition coefficient (Wildman–Crippen LogP) is 3.80. The summed E-state index contributed by atoms with van der Waals surface area (Å²) in [5.41, 5.74) is 0.668. The van der Waals surface area contributed by atoms with Crippen LogP contribution in [0.25, 0.3) is 0 Å². The van der Waals surface area contributed by atoms with Gasteiger partial charge < -0.3 is 10.2 Å². The lowest BCUT2D eigenvalue weighted by Gasteiger charge is -2.55. The average molecular weight is 344 g/mol. The van der Waals surface area contributed by atoms with Crippen molar-refractivity contribution >= 4 is 5.78 Å². The molecule has 2 N–H and O–H groups in total. The van der Waals surface area contributed by atoms with Crippen LogP contribution in [0.4, 0.5) is 0 Å². The van der Waals surface area contributed by atoms with Crippen LogP contribution in [-0.4, -0.2) is 28.2 Å². The Morgan fingerprint density at radius 3 is 2.84 bits per heavy atom. The SMILES string of the molecule is CC[C@]12CC[C@H]3[C@@H](C=CC4=CC(=O)CC[C@@H]43)[C@@H]1CC[C@@]2(O)CCCO. The summed E-state index contributed by atoms with van der Waals surface area (Å²) >= 11 is 0. The molecule has 6 atom stereocenters. The maximum absolute atomic E-state index is 11.8. The fraction of sp³-hybridized carbons (Fsp3) is 0.773. The number of hydrogen-bond donors (Lipinski definition) is 2. The summed E-state index contributed by atoms with van der Waals surface area (Å²) in [5, 5.41) is 20.8. The summed E-state index contributed by atoms with van der Waals surface area (Å²) in [7, 11) is 0. The molecule has 0 aromatic rings. The van der Waals surface area contributed by atoms with Crippen LogP contribution >= 0.6 is 0 Å². The number of fused-ring (bicyclic) bond motifs is 5. The molecule has 4 aliphatic rings. The number of carbonyl (C=O) groups excluding carboxylic acids is 1. The molecule has 0 amide bonds. The fourth-order valence-corrected chi connectivity index (χ4v) is 7.10. The van der Waals surface area contributed by atoms with Gasteiger partial charge in [-0.15, -0.1) is 0 Å². The van der Waals surface area contributed by atoms with Crippen LogP contribution in [0.2, 0.25) is 0 Å². The first-order valence-corrected chi connectivity index (χ1v) is 10.3. The molecule has 0 saturated heterocycles. The van der Waals surface area contributed by atoms with Crippen molar-refractivity contribution in [2.24, 2.45) is 29.1 Å². The normalized spacial score (nSPS) is 45.6. The summed E-state index contributed by atoms with van der Waals surface area (Å²) in [6, 6.07) is 0. The van der Waals surface area contributed by atoms with E-state index in [9.17, 15) is 15.0 Å². The van der Waals surface area contributed by atoms with Gasteiger partial charge in [-0.2, -0.15) is 0 Å². The Morgan fingerprint density at radius 1 is 1.24 bits per heavy atom. The Morgan fingerprint density at radius 2 is 2.08 bits per heavy atom. The maximum Gasteiger partial charge on any atom is 0.155 e. The molecule has 0 spiro atoms. The van der Waals surface area contributed by atoms with E-state index < -0.39 is 5.60 Å². The first kappa shape index (κ1) is 17.5. The molecule has 3 heteroatoms. The van der Waals surface area contributed by atoms with Gasteiger partial charge in [-0.25, -0.2) is 0 Å². The Labute approximate surface area is 151 Å². The van der Waals surface area contributed by atoms with E-state index in [0.717, 1.165) is 44.9 Å². The molecule has 0 aromatic carbocycles.